The van der Waals surface area contributed by atoms with Crippen molar-refractivity contribution in [3.05, 3.63) is 94.8 Å². The monoisotopic (exact) mass is 631 g/mol. The highest BCUT2D eigenvalue weighted by Gasteiger charge is 2.15. The van der Waals surface area contributed by atoms with E-state index in [4.69, 9.17) is 11.6 Å². The third-order valence-electron chi connectivity index (χ3n) is 7.25. The Hall–Kier alpha value is -4.97. The Morgan fingerprint density at radius 1 is 0.778 bits per heavy atom. The molecular weight excluding hydrogens is 597 g/mol. The third kappa shape index (κ3) is 10.3. The fourth-order valence-electron chi connectivity index (χ4n) is 4.92. The summed E-state index contributed by atoms with van der Waals surface area (Å²) in [6.45, 7) is 1.20. The van der Waals surface area contributed by atoms with Crippen LogP contribution in [-0.4, -0.2) is 33.4 Å². The van der Waals surface area contributed by atoms with Crippen LogP contribution in [0.4, 0.5) is 38.4 Å². The Labute approximate surface area is 265 Å². The number of nitrogens with zero attached hydrogens (tertiary/aromatic N) is 3. The van der Waals surface area contributed by atoms with Gasteiger partial charge in [0, 0.05) is 29.5 Å². The van der Waals surface area contributed by atoms with Gasteiger partial charge in [0.1, 0.15) is 5.82 Å². The molecule has 0 unspecified atom stereocenters. The van der Waals surface area contributed by atoms with Crippen molar-refractivity contribution in [2.45, 2.75) is 45.1 Å². The van der Waals surface area contributed by atoms with Crippen LogP contribution < -0.4 is 32.1 Å². The first-order valence-corrected chi connectivity index (χ1v) is 15.2. The van der Waals surface area contributed by atoms with Gasteiger partial charge in [-0.2, -0.15) is 15.0 Å². The number of urea groups is 1. The summed E-state index contributed by atoms with van der Waals surface area (Å²) in [6.07, 6.45) is 6.21. The van der Waals surface area contributed by atoms with E-state index >= 15 is 0 Å². The molecule has 3 amide bonds. The number of nitrogens with one attached hydrogen (secondary N) is 6. The third-order valence-corrected chi connectivity index (χ3v) is 7.48. The van der Waals surface area contributed by atoms with Gasteiger partial charge in [-0.1, -0.05) is 61.2 Å². The maximum absolute atomic E-state index is 13.3. The van der Waals surface area contributed by atoms with Crippen LogP contribution in [0.2, 0.25) is 5.02 Å². The number of aromatic nitrogens is 3. The zero-order chi connectivity index (χ0) is 31.4. The number of hydrogen-bond donors (Lipinski definition) is 6. The number of anilines is 5. The average molecular weight is 632 g/mol. The normalized spacial score (nSPS) is 13.0. The van der Waals surface area contributed by atoms with Gasteiger partial charge >= 0.3 is 6.03 Å². The fourth-order valence-corrected chi connectivity index (χ4v) is 5.11. The number of benzene rings is 3. The Morgan fingerprint density at radius 3 is 2.20 bits per heavy atom. The van der Waals surface area contributed by atoms with Gasteiger partial charge in [0.05, 0.1) is 6.42 Å². The lowest BCUT2D eigenvalue weighted by molar-refractivity contribution is -0.121. The van der Waals surface area contributed by atoms with Crippen LogP contribution in [0.5, 0.6) is 0 Å². The van der Waals surface area contributed by atoms with Crippen molar-refractivity contribution in [2.75, 3.05) is 27.8 Å². The molecule has 1 aliphatic rings. The van der Waals surface area contributed by atoms with Gasteiger partial charge in [0.15, 0.2) is 0 Å². The first-order chi connectivity index (χ1) is 21.9. The van der Waals surface area contributed by atoms with E-state index in [9.17, 15) is 14.0 Å². The van der Waals surface area contributed by atoms with Crippen molar-refractivity contribution in [2.24, 2.45) is 5.92 Å². The van der Waals surface area contributed by atoms with Crippen LogP contribution in [0, 0.1) is 11.7 Å². The van der Waals surface area contributed by atoms with E-state index in [-0.39, 0.29) is 18.1 Å². The minimum Gasteiger partial charge on any atom is -0.354 e. The zero-order valence-corrected chi connectivity index (χ0v) is 25.3. The van der Waals surface area contributed by atoms with Crippen LogP contribution in [-0.2, 0) is 17.8 Å². The Morgan fingerprint density at radius 2 is 1.47 bits per heavy atom. The fraction of sp³-hybridized carbons (Fsp3) is 0.281. The summed E-state index contributed by atoms with van der Waals surface area (Å²) in [4.78, 5) is 38.1. The summed E-state index contributed by atoms with van der Waals surface area (Å²) in [5.41, 5.74) is 7.55. The highest BCUT2D eigenvalue weighted by atomic mass is 35.5. The molecule has 3 aromatic carbocycles. The van der Waals surface area contributed by atoms with Gasteiger partial charge in [0.2, 0.25) is 23.8 Å². The van der Waals surface area contributed by atoms with Gasteiger partial charge in [0.25, 0.3) is 0 Å². The molecule has 1 saturated carbocycles. The standard InChI is InChI=1S/C32H35ClFN9O2/c33-24-7-4-8-27(18-24)38-32(45)43-42-28(44)17-21-11-15-26(16-12-21)37-31-40-29(35-19-22-5-2-1-3-6-22)39-30(41-31)36-20-23-9-13-25(34)14-10-23/h4,7-16,18,22H,1-3,5-6,17,19-20H2,(H,42,44)(H2,38,43,45)(H3,35,36,37,39,40,41). The van der Waals surface area contributed by atoms with Crippen molar-refractivity contribution < 1.29 is 14.0 Å². The summed E-state index contributed by atoms with van der Waals surface area (Å²) in [5.74, 6) is 1.08. The van der Waals surface area contributed by atoms with E-state index in [2.05, 4.69) is 47.1 Å². The molecule has 234 valence electrons. The molecule has 1 aromatic heterocycles. The topological polar surface area (TPSA) is 145 Å². The number of hydrazine groups is 1. The first-order valence-electron chi connectivity index (χ1n) is 14.8. The SMILES string of the molecule is O=C(Cc1ccc(Nc2nc(NCc3ccc(F)cc3)nc(NCC3CCCCC3)n2)cc1)NNC(=O)Nc1cccc(Cl)c1. The molecule has 0 spiro atoms. The summed E-state index contributed by atoms with van der Waals surface area (Å²) >= 11 is 5.92. The molecule has 0 radical (unpaired) electrons. The molecule has 1 heterocycles. The van der Waals surface area contributed by atoms with Gasteiger partial charge in [-0.15, -0.1) is 0 Å². The minimum absolute atomic E-state index is 0.0518. The second kappa shape index (κ2) is 15.7. The molecular formula is C32H35ClFN9O2. The van der Waals surface area contributed by atoms with E-state index < -0.39 is 6.03 Å². The van der Waals surface area contributed by atoms with Crippen molar-refractivity contribution in [3.8, 4) is 0 Å². The molecule has 0 saturated heterocycles. The Bertz CT molecular complexity index is 1580. The minimum atomic E-state index is -0.596. The highest BCUT2D eigenvalue weighted by molar-refractivity contribution is 6.30. The largest absolute Gasteiger partial charge is 0.354 e. The number of amides is 3. The molecule has 45 heavy (non-hydrogen) atoms. The number of rotatable bonds is 11. The molecule has 5 rings (SSSR count). The maximum Gasteiger partial charge on any atom is 0.337 e. The van der Waals surface area contributed by atoms with E-state index in [0.29, 0.717) is 46.7 Å². The van der Waals surface area contributed by atoms with E-state index in [1.807, 2.05) is 12.1 Å². The van der Waals surface area contributed by atoms with Crippen LogP contribution >= 0.6 is 11.6 Å². The van der Waals surface area contributed by atoms with Crippen LogP contribution in [0.3, 0.4) is 0 Å². The Kier molecular flexibility index (Phi) is 10.9. The second-order valence-electron chi connectivity index (χ2n) is 10.8. The van der Waals surface area contributed by atoms with Crippen molar-refractivity contribution in [1.29, 1.82) is 0 Å². The molecule has 0 aliphatic heterocycles. The number of carbonyl (C=O) groups is 2. The lowest BCUT2D eigenvalue weighted by Crippen LogP contribution is -2.44. The first kappa shape index (κ1) is 31.5. The highest BCUT2D eigenvalue weighted by Crippen LogP contribution is 2.24. The summed E-state index contributed by atoms with van der Waals surface area (Å²) in [7, 11) is 0. The van der Waals surface area contributed by atoms with E-state index in [1.165, 1.54) is 44.2 Å². The molecule has 1 fully saturated rings. The number of halogens is 2. The molecule has 6 N–H and O–H groups in total. The van der Waals surface area contributed by atoms with E-state index in [0.717, 1.165) is 17.7 Å². The second-order valence-corrected chi connectivity index (χ2v) is 11.2. The molecule has 4 aromatic rings. The van der Waals surface area contributed by atoms with Gasteiger partial charge in [-0.25, -0.2) is 14.6 Å². The summed E-state index contributed by atoms with van der Waals surface area (Å²) in [6, 6.07) is 19.5. The smallest absolute Gasteiger partial charge is 0.337 e. The predicted molar refractivity (Wildman–Crippen MR) is 174 cm³/mol. The van der Waals surface area contributed by atoms with E-state index in [1.54, 1.807) is 48.5 Å². The molecule has 1 aliphatic carbocycles. The quantitative estimate of drug-likeness (QED) is 0.104. The average Bonchev–Trinajstić information content (AvgIpc) is 3.04. The molecule has 0 atom stereocenters. The Balaban J connectivity index is 1.17. The predicted octanol–water partition coefficient (Wildman–Crippen LogP) is 6.41. The van der Waals surface area contributed by atoms with Crippen LogP contribution in [0.25, 0.3) is 0 Å². The number of hydrogen-bond acceptors (Lipinski definition) is 8. The van der Waals surface area contributed by atoms with Crippen molar-refractivity contribution in [1.82, 2.24) is 25.8 Å². The lowest BCUT2D eigenvalue weighted by Gasteiger charge is -2.21. The molecule has 13 heteroatoms. The van der Waals surface area contributed by atoms with Gasteiger partial charge in [-0.3, -0.25) is 10.2 Å². The van der Waals surface area contributed by atoms with Crippen molar-refractivity contribution in [3.63, 3.8) is 0 Å². The lowest BCUT2D eigenvalue weighted by atomic mass is 9.89. The summed E-state index contributed by atoms with van der Waals surface area (Å²) in [5, 5.41) is 12.9. The van der Waals surface area contributed by atoms with Gasteiger partial charge in [-0.05, 0) is 72.4 Å². The van der Waals surface area contributed by atoms with Crippen LogP contribution in [0.1, 0.15) is 43.2 Å². The molecule has 11 nitrogen and oxygen atoms in total. The number of carbonyl (C=O) groups excluding carboxylic acids is 2. The van der Waals surface area contributed by atoms with Crippen LogP contribution in [0.15, 0.2) is 72.8 Å². The summed E-state index contributed by atoms with van der Waals surface area (Å²) < 4.78 is 13.3. The maximum atomic E-state index is 13.3. The molecule has 0 bridgehead atoms. The van der Waals surface area contributed by atoms with Crippen molar-refractivity contribution >= 4 is 52.8 Å². The zero-order valence-electron chi connectivity index (χ0n) is 24.6. The van der Waals surface area contributed by atoms with Gasteiger partial charge < -0.3 is 21.3 Å².